The number of carbonyl (C=O) groups is 1. The van der Waals surface area contributed by atoms with E-state index in [2.05, 4.69) is 4.74 Å². The first-order valence-electron chi connectivity index (χ1n) is 4.39. The number of rotatable bonds is 4. The molecule has 0 fully saturated rings. The summed E-state index contributed by atoms with van der Waals surface area (Å²) in [6.45, 7) is -0.659. The van der Waals surface area contributed by atoms with Gasteiger partial charge in [-0.1, -0.05) is 24.3 Å². The molecule has 0 aliphatic heterocycles. The molecular formula is C10H7F5O2. The van der Waals surface area contributed by atoms with Crippen LogP contribution in [0.25, 0.3) is 0 Å². The van der Waals surface area contributed by atoms with Crippen LogP contribution < -0.4 is 0 Å². The van der Waals surface area contributed by atoms with Gasteiger partial charge < -0.3 is 4.74 Å². The molecule has 0 N–H and O–H groups in total. The Balaban J connectivity index is 3.16. The first kappa shape index (κ1) is 13.4. The van der Waals surface area contributed by atoms with Crippen LogP contribution in [-0.2, 0) is 22.1 Å². The minimum Gasteiger partial charge on any atom is -0.463 e. The smallest absolute Gasteiger partial charge is 0.458 e. The van der Waals surface area contributed by atoms with E-state index in [4.69, 9.17) is 0 Å². The second kappa shape index (κ2) is 4.68. The minimum atomic E-state index is -5.69. The van der Waals surface area contributed by atoms with E-state index < -0.39 is 24.3 Å². The zero-order valence-electron chi connectivity index (χ0n) is 8.30. The lowest BCUT2D eigenvalue weighted by Gasteiger charge is -2.22. The standard InChI is InChI=1S/C10H7F5O2/c11-9(12,10(13,14)15)8-4-2-1-3-7(8)5-17-6-16/h1-4,6H,5H2. The predicted molar refractivity (Wildman–Crippen MR) is 47.2 cm³/mol. The van der Waals surface area contributed by atoms with Gasteiger partial charge >= 0.3 is 12.1 Å². The third-order valence-corrected chi connectivity index (χ3v) is 2.02. The Morgan fingerprint density at radius 1 is 1.12 bits per heavy atom. The summed E-state index contributed by atoms with van der Waals surface area (Å²) in [5.74, 6) is -4.98. The van der Waals surface area contributed by atoms with E-state index in [1.165, 1.54) is 6.07 Å². The van der Waals surface area contributed by atoms with Crippen molar-refractivity contribution in [3.05, 3.63) is 35.4 Å². The Morgan fingerprint density at radius 2 is 1.71 bits per heavy atom. The molecule has 1 aromatic rings. The summed E-state index contributed by atoms with van der Waals surface area (Å²) in [6, 6.07) is 4.02. The van der Waals surface area contributed by atoms with Gasteiger partial charge in [0.15, 0.2) is 0 Å². The summed E-state index contributed by atoms with van der Waals surface area (Å²) in [4.78, 5) is 9.90. The summed E-state index contributed by atoms with van der Waals surface area (Å²) >= 11 is 0. The van der Waals surface area contributed by atoms with E-state index in [9.17, 15) is 26.7 Å². The second-order valence-corrected chi connectivity index (χ2v) is 3.14. The molecular weight excluding hydrogens is 247 g/mol. The largest absolute Gasteiger partial charge is 0.463 e. The molecule has 0 aliphatic rings. The third kappa shape index (κ3) is 2.72. The highest BCUT2D eigenvalue weighted by atomic mass is 19.4. The van der Waals surface area contributed by atoms with Crippen molar-refractivity contribution in [3.63, 3.8) is 0 Å². The van der Waals surface area contributed by atoms with E-state index >= 15 is 0 Å². The van der Waals surface area contributed by atoms with Gasteiger partial charge in [-0.2, -0.15) is 22.0 Å². The van der Waals surface area contributed by atoms with Crippen LogP contribution in [0.5, 0.6) is 0 Å². The molecule has 0 radical (unpaired) electrons. The maximum Gasteiger partial charge on any atom is 0.458 e. The summed E-state index contributed by atoms with van der Waals surface area (Å²) in [5, 5.41) is 0. The number of alkyl halides is 5. The number of hydrogen-bond donors (Lipinski definition) is 0. The number of hydrogen-bond acceptors (Lipinski definition) is 2. The van der Waals surface area contributed by atoms with Crippen molar-refractivity contribution >= 4 is 6.47 Å². The number of benzene rings is 1. The second-order valence-electron chi connectivity index (χ2n) is 3.14. The molecule has 17 heavy (non-hydrogen) atoms. The van der Waals surface area contributed by atoms with Gasteiger partial charge in [0, 0.05) is 5.56 Å². The molecule has 0 aliphatic carbocycles. The molecule has 0 saturated carbocycles. The van der Waals surface area contributed by atoms with Crippen LogP contribution in [0.1, 0.15) is 11.1 Å². The van der Waals surface area contributed by atoms with Crippen molar-refractivity contribution in [2.75, 3.05) is 0 Å². The maximum atomic E-state index is 13.1. The molecule has 2 nitrogen and oxygen atoms in total. The normalized spacial score (nSPS) is 12.3. The van der Waals surface area contributed by atoms with Gasteiger partial charge in [-0.25, -0.2) is 0 Å². The minimum absolute atomic E-state index is 0.0253. The van der Waals surface area contributed by atoms with Gasteiger partial charge in [-0.05, 0) is 5.56 Å². The molecule has 0 spiro atoms. The van der Waals surface area contributed by atoms with Crippen molar-refractivity contribution in [3.8, 4) is 0 Å². The van der Waals surface area contributed by atoms with Crippen molar-refractivity contribution in [2.45, 2.75) is 18.7 Å². The maximum absolute atomic E-state index is 13.1. The number of ether oxygens (including phenoxy) is 1. The Morgan fingerprint density at radius 3 is 2.24 bits per heavy atom. The topological polar surface area (TPSA) is 26.3 Å². The van der Waals surface area contributed by atoms with Gasteiger partial charge in [0.05, 0.1) is 0 Å². The molecule has 0 amide bonds. The van der Waals surface area contributed by atoms with Crippen molar-refractivity contribution < 1.29 is 31.5 Å². The highest BCUT2D eigenvalue weighted by Crippen LogP contribution is 2.45. The van der Waals surface area contributed by atoms with Gasteiger partial charge in [-0.15, -0.1) is 0 Å². The highest BCUT2D eigenvalue weighted by molar-refractivity contribution is 5.39. The lowest BCUT2D eigenvalue weighted by atomic mass is 10.0. The van der Waals surface area contributed by atoms with Crippen molar-refractivity contribution in [2.24, 2.45) is 0 Å². The zero-order valence-corrected chi connectivity index (χ0v) is 8.30. The molecule has 94 valence electrons. The quantitative estimate of drug-likeness (QED) is 0.609. The van der Waals surface area contributed by atoms with Gasteiger partial charge in [-0.3, -0.25) is 4.79 Å². The molecule has 0 aromatic heterocycles. The van der Waals surface area contributed by atoms with Gasteiger partial charge in [0.1, 0.15) is 6.61 Å². The van der Waals surface area contributed by atoms with E-state index in [1.54, 1.807) is 0 Å². The zero-order chi connectivity index (χ0) is 13.1. The average Bonchev–Trinajstić information content (AvgIpc) is 2.25. The SMILES string of the molecule is O=COCc1ccccc1C(F)(F)C(F)(F)F. The third-order valence-electron chi connectivity index (χ3n) is 2.02. The highest BCUT2D eigenvalue weighted by Gasteiger charge is 2.59. The fraction of sp³-hybridized carbons (Fsp3) is 0.300. The Bertz CT molecular complexity index is 400. The summed E-state index contributed by atoms with van der Waals surface area (Å²) < 4.78 is 66.8. The van der Waals surface area contributed by atoms with Crippen LogP contribution in [0.15, 0.2) is 24.3 Å². The van der Waals surface area contributed by atoms with Crippen molar-refractivity contribution in [1.82, 2.24) is 0 Å². The first-order valence-corrected chi connectivity index (χ1v) is 4.39. The fourth-order valence-corrected chi connectivity index (χ4v) is 1.23. The van der Waals surface area contributed by atoms with Gasteiger partial charge in [0.2, 0.25) is 0 Å². The van der Waals surface area contributed by atoms with Crippen LogP contribution in [0.3, 0.4) is 0 Å². The molecule has 1 rings (SSSR count). The lowest BCUT2D eigenvalue weighted by Crippen LogP contribution is -2.34. The van der Waals surface area contributed by atoms with Crippen LogP contribution in [0, 0.1) is 0 Å². The fourth-order valence-electron chi connectivity index (χ4n) is 1.23. The van der Waals surface area contributed by atoms with Crippen LogP contribution in [0.4, 0.5) is 22.0 Å². The molecule has 7 heteroatoms. The summed E-state index contributed by atoms with van der Waals surface area (Å²) in [5.41, 5.74) is -1.60. The molecule has 0 heterocycles. The Hall–Kier alpha value is -1.66. The van der Waals surface area contributed by atoms with Crippen LogP contribution in [0.2, 0.25) is 0 Å². The number of halogens is 5. The molecule has 0 atom stereocenters. The number of carbonyl (C=O) groups excluding carboxylic acids is 1. The molecule has 0 unspecified atom stereocenters. The molecule has 1 aromatic carbocycles. The Labute approximate surface area is 93.0 Å². The monoisotopic (exact) mass is 254 g/mol. The van der Waals surface area contributed by atoms with Crippen LogP contribution in [-0.4, -0.2) is 12.6 Å². The van der Waals surface area contributed by atoms with E-state index in [1.807, 2.05) is 0 Å². The van der Waals surface area contributed by atoms with E-state index in [-0.39, 0.29) is 12.0 Å². The summed E-state index contributed by atoms with van der Waals surface area (Å²) in [7, 11) is 0. The van der Waals surface area contributed by atoms with E-state index in [0.717, 1.165) is 12.1 Å². The molecule has 0 saturated heterocycles. The first-order chi connectivity index (χ1) is 7.80. The lowest BCUT2D eigenvalue weighted by molar-refractivity contribution is -0.289. The predicted octanol–water partition coefficient (Wildman–Crippen LogP) is 3.01. The Kier molecular flexibility index (Phi) is 3.69. The van der Waals surface area contributed by atoms with Gasteiger partial charge in [0.25, 0.3) is 6.47 Å². The van der Waals surface area contributed by atoms with Crippen molar-refractivity contribution in [1.29, 1.82) is 0 Å². The summed E-state index contributed by atoms with van der Waals surface area (Å²) in [6.07, 6.45) is -5.69. The molecule has 0 bridgehead atoms. The van der Waals surface area contributed by atoms with Crippen LogP contribution >= 0.6 is 0 Å². The average molecular weight is 254 g/mol. The van der Waals surface area contributed by atoms with E-state index in [0.29, 0.717) is 6.07 Å².